The summed E-state index contributed by atoms with van der Waals surface area (Å²) < 4.78 is 10.6. The number of thiazole rings is 1. The largest absolute Gasteiger partial charge is 0.451 e. The van der Waals surface area contributed by atoms with Crippen LogP contribution in [0, 0.1) is 0 Å². The maximum Gasteiger partial charge on any atom is 0.358 e. The topological polar surface area (TPSA) is 77.2 Å². The minimum absolute atomic E-state index is 0.0273. The molecule has 0 aliphatic rings. The van der Waals surface area contributed by atoms with Crippen LogP contribution in [-0.2, 0) is 11.3 Å². The summed E-state index contributed by atoms with van der Waals surface area (Å²) in [6.45, 7) is 4.16. The summed E-state index contributed by atoms with van der Waals surface area (Å²) >= 11 is 1.33. The fraction of sp³-hybridized carbons (Fsp3) is 0.133. The number of nitrogens with one attached hydrogen (secondary N) is 1. The normalized spacial score (nSPS) is 10.5. The number of aromatic nitrogens is 2. The Morgan fingerprint density at radius 3 is 3.09 bits per heavy atom. The van der Waals surface area contributed by atoms with E-state index in [0.29, 0.717) is 23.2 Å². The number of benzene rings is 1. The quantitative estimate of drug-likeness (QED) is 0.556. The Morgan fingerprint density at radius 1 is 1.41 bits per heavy atom. The average Bonchev–Trinajstić information content (AvgIpc) is 3.16. The van der Waals surface area contributed by atoms with Crippen LogP contribution in [0.15, 0.2) is 46.7 Å². The maximum absolute atomic E-state index is 11.9. The van der Waals surface area contributed by atoms with Crippen LogP contribution < -0.4 is 5.32 Å². The molecule has 6 nitrogen and oxygen atoms in total. The van der Waals surface area contributed by atoms with E-state index in [9.17, 15) is 4.79 Å². The van der Waals surface area contributed by atoms with E-state index >= 15 is 0 Å². The number of carbonyl (C=O) groups excluding carboxylic acids is 1. The lowest BCUT2D eigenvalue weighted by Crippen LogP contribution is -2.06. The molecular formula is C15H13N3O3S. The Hall–Kier alpha value is -2.67. The van der Waals surface area contributed by atoms with Gasteiger partial charge in [-0.1, -0.05) is 18.2 Å². The first kappa shape index (κ1) is 14.3. The third kappa shape index (κ3) is 3.15. The molecule has 7 heteroatoms. The van der Waals surface area contributed by atoms with Gasteiger partial charge in [-0.3, -0.25) is 0 Å². The van der Waals surface area contributed by atoms with Gasteiger partial charge in [-0.15, -0.1) is 17.9 Å². The van der Waals surface area contributed by atoms with E-state index < -0.39 is 5.97 Å². The third-order valence-corrected chi connectivity index (χ3v) is 3.58. The summed E-state index contributed by atoms with van der Waals surface area (Å²) in [4.78, 5) is 20.3. The Kier molecular flexibility index (Phi) is 4.15. The molecule has 0 spiro atoms. The molecule has 0 saturated heterocycles. The minimum atomic E-state index is -0.509. The molecule has 3 aromatic rings. The highest BCUT2D eigenvalue weighted by Gasteiger charge is 2.14. The van der Waals surface area contributed by atoms with Crippen molar-refractivity contribution >= 4 is 33.5 Å². The summed E-state index contributed by atoms with van der Waals surface area (Å²) in [6.07, 6.45) is 1.71. The van der Waals surface area contributed by atoms with Gasteiger partial charge in [0.25, 0.3) is 0 Å². The Balaban J connectivity index is 1.61. The molecule has 0 amide bonds. The molecule has 1 aromatic carbocycles. The lowest BCUT2D eigenvalue weighted by molar-refractivity contribution is 0.0434. The van der Waals surface area contributed by atoms with Crippen molar-refractivity contribution in [3.8, 4) is 0 Å². The monoisotopic (exact) mass is 315 g/mol. The van der Waals surface area contributed by atoms with Crippen LogP contribution in [0.5, 0.6) is 0 Å². The number of oxazole rings is 1. The number of carbonyl (C=O) groups is 1. The van der Waals surface area contributed by atoms with E-state index in [1.807, 2.05) is 24.3 Å². The number of esters is 1. The molecular weight excluding hydrogens is 302 g/mol. The highest BCUT2D eigenvalue weighted by Crippen LogP contribution is 2.18. The zero-order chi connectivity index (χ0) is 15.4. The molecule has 0 bridgehead atoms. The van der Waals surface area contributed by atoms with E-state index in [4.69, 9.17) is 9.15 Å². The van der Waals surface area contributed by atoms with Crippen LogP contribution in [0.4, 0.5) is 5.13 Å². The summed E-state index contributed by atoms with van der Waals surface area (Å²) in [5, 5.41) is 5.30. The predicted octanol–water partition coefficient (Wildman–Crippen LogP) is 3.24. The fourth-order valence-electron chi connectivity index (χ4n) is 1.79. The third-order valence-electron chi connectivity index (χ3n) is 2.78. The van der Waals surface area contributed by atoms with Crippen molar-refractivity contribution in [2.75, 3.05) is 11.9 Å². The zero-order valence-corrected chi connectivity index (χ0v) is 12.4. The highest BCUT2D eigenvalue weighted by atomic mass is 32.1. The Morgan fingerprint density at radius 2 is 2.27 bits per heavy atom. The molecule has 0 aliphatic carbocycles. The summed E-state index contributed by atoms with van der Waals surface area (Å²) in [7, 11) is 0. The van der Waals surface area contributed by atoms with Gasteiger partial charge in [0.05, 0.1) is 0 Å². The van der Waals surface area contributed by atoms with Crippen molar-refractivity contribution in [3.63, 3.8) is 0 Å². The second-order valence-electron chi connectivity index (χ2n) is 4.36. The molecule has 0 fully saturated rings. The molecule has 0 saturated carbocycles. The highest BCUT2D eigenvalue weighted by molar-refractivity contribution is 7.13. The molecule has 0 unspecified atom stereocenters. The SMILES string of the molecule is C=CCNc1nc(C(=O)OCc2nc3ccccc3o2)cs1. The van der Waals surface area contributed by atoms with E-state index in [1.165, 1.54) is 11.3 Å². The number of anilines is 1. The van der Waals surface area contributed by atoms with Gasteiger partial charge in [0, 0.05) is 11.9 Å². The summed E-state index contributed by atoms with van der Waals surface area (Å²) in [5.74, 6) is -0.153. The van der Waals surface area contributed by atoms with Gasteiger partial charge in [-0.25, -0.2) is 14.8 Å². The molecule has 0 aliphatic heterocycles. The zero-order valence-electron chi connectivity index (χ0n) is 11.6. The summed E-state index contributed by atoms with van der Waals surface area (Å²) in [5.41, 5.74) is 1.66. The van der Waals surface area contributed by atoms with E-state index in [0.717, 1.165) is 5.52 Å². The van der Waals surface area contributed by atoms with Crippen molar-refractivity contribution in [3.05, 3.63) is 53.9 Å². The van der Waals surface area contributed by atoms with Crippen molar-refractivity contribution in [1.29, 1.82) is 0 Å². The predicted molar refractivity (Wildman–Crippen MR) is 83.9 cm³/mol. The standard InChI is InChI=1S/C15H13N3O3S/c1-2-7-16-15-18-11(9-22-15)14(19)20-8-13-17-10-5-3-4-6-12(10)21-13/h2-6,9H,1,7-8H2,(H,16,18). The fourth-order valence-corrected chi connectivity index (χ4v) is 2.48. The van der Waals surface area contributed by atoms with Crippen molar-refractivity contribution in [2.24, 2.45) is 0 Å². The molecule has 1 N–H and O–H groups in total. The van der Waals surface area contributed by atoms with Gasteiger partial charge in [-0.05, 0) is 12.1 Å². The lowest BCUT2D eigenvalue weighted by Gasteiger charge is -1.99. The van der Waals surface area contributed by atoms with Crippen LogP contribution in [-0.4, -0.2) is 22.5 Å². The maximum atomic E-state index is 11.9. The van der Waals surface area contributed by atoms with Gasteiger partial charge < -0.3 is 14.5 Å². The van der Waals surface area contributed by atoms with Crippen molar-refractivity contribution in [2.45, 2.75) is 6.61 Å². The molecule has 0 radical (unpaired) electrons. The van der Waals surface area contributed by atoms with Crippen LogP contribution in [0.1, 0.15) is 16.4 Å². The van der Waals surface area contributed by atoms with Crippen molar-refractivity contribution < 1.29 is 13.9 Å². The van der Waals surface area contributed by atoms with E-state index in [2.05, 4.69) is 21.9 Å². The molecule has 22 heavy (non-hydrogen) atoms. The lowest BCUT2D eigenvalue weighted by atomic mass is 10.3. The first-order valence-corrected chi connectivity index (χ1v) is 7.46. The Bertz CT molecular complexity index is 776. The van der Waals surface area contributed by atoms with E-state index in [-0.39, 0.29) is 12.3 Å². The smallest absolute Gasteiger partial charge is 0.358 e. The van der Waals surface area contributed by atoms with Crippen LogP contribution in [0.25, 0.3) is 11.1 Å². The Labute approximate surface area is 130 Å². The summed E-state index contributed by atoms with van der Waals surface area (Å²) in [6, 6.07) is 7.37. The van der Waals surface area contributed by atoms with Gasteiger partial charge >= 0.3 is 5.97 Å². The van der Waals surface area contributed by atoms with Crippen LogP contribution in [0.3, 0.4) is 0 Å². The number of nitrogens with zero attached hydrogens (tertiary/aromatic N) is 2. The van der Waals surface area contributed by atoms with Crippen molar-refractivity contribution in [1.82, 2.24) is 9.97 Å². The average molecular weight is 315 g/mol. The molecule has 2 aromatic heterocycles. The van der Waals surface area contributed by atoms with Gasteiger partial charge in [-0.2, -0.15) is 0 Å². The van der Waals surface area contributed by atoms with Gasteiger partial charge in [0.2, 0.25) is 5.89 Å². The number of hydrogen-bond donors (Lipinski definition) is 1. The minimum Gasteiger partial charge on any atom is -0.451 e. The van der Waals surface area contributed by atoms with Crippen LogP contribution >= 0.6 is 11.3 Å². The van der Waals surface area contributed by atoms with Crippen LogP contribution in [0.2, 0.25) is 0 Å². The number of ether oxygens (including phenoxy) is 1. The van der Waals surface area contributed by atoms with E-state index in [1.54, 1.807) is 11.5 Å². The molecule has 3 rings (SSSR count). The van der Waals surface area contributed by atoms with Gasteiger partial charge in [0.1, 0.15) is 5.52 Å². The second-order valence-corrected chi connectivity index (χ2v) is 5.22. The second kappa shape index (κ2) is 6.40. The molecule has 2 heterocycles. The number of para-hydroxylation sites is 2. The first-order valence-electron chi connectivity index (χ1n) is 6.58. The number of rotatable bonds is 6. The number of hydrogen-bond acceptors (Lipinski definition) is 7. The first-order chi connectivity index (χ1) is 10.8. The molecule has 112 valence electrons. The van der Waals surface area contributed by atoms with Gasteiger partial charge in [0.15, 0.2) is 23.0 Å². The molecule has 0 atom stereocenters. The number of fused-ring (bicyclic) bond motifs is 1.